The van der Waals surface area contributed by atoms with Crippen LogP contribution in [-0.2, 0) is 53.6 Å². The second-order valence-electron chi connectivity index (χ2n) is 19.2. The maximum absolute atomic E-state index is 13.2. The van der Waals surface area contributed by atoms with E-state index in [1.54, 1.807) is 70.7 Å². The van der Waals surface area contributed by atoms with Crippen LogP contribution in [0.2, 0.25) is 0 Å². The number of aromatic hydroxyl groups is 1. The number of Topliss-reactive ketones (excluding diaryl/α,β-unsaturated/α-hetero) is 1. The molecule has 0 spiro atoms. The molecule has 1 heterocycles. The highest BCUT2D eigenvalue weighted by molar-refractivity contribution is 7.52. The molecule has 1 aromatic heterocycles. The van der Waals surface area contributed by atoms with Gasteiger partial charge in [0.25, 0.3) is 5.91 Å². The number of amides is 1. The van der Waals surface area contributed by atoms with Gasteiger partial charge in [0, 0.05) is 68.7 Å². The van der Waals surface area contributed by atoms with E-state index in [0.717, 1.165) is 17.5 Å². The second kappa shape index (κ2) is 34.5. The van der Waals surface area contributed by atoms with Crippen molar-refractivity contribution in [2.75, 3.05) is 53.1 Å². The number of ether oxygens (including phenoxy) is 8. The van der Waals surface area contributed by atoms with Crippen molar-refractivity contribution in [3.8, 4) is 34.5 Å². The number of methoxy groups -OCH3 is 3. The third-order valence-electron chi connectivity index (χ3n) is 11.7. The number of carbonyl (C=O) groups excluding carboxylic acids is 3. The van der Waals surface area contributed by atoms with E-state index in [4.69, 9.17) is 42.2 Å². The minimum Gasteiger partial charge on any atom is -0.508 e. The predicted octanol–water partition coefficient (Wildman–Crippen LogP) is 12.9. The van der Waals surface area contributed by atoms with Gasteiger partial charge in [-0.2, -0.15) is 5.10 Å². The first-order valence-electron chi connectivity index (χ1n) is 27.3. The van der Waals surface area contributed by atoms with Crippen molar-refractivity contribution in [3.63, 3.8) is 0 Å². The summed E-state index contributed by atoms with van der Waals surface area (Å²) in [5.74, 6) is 1.97. The molecule has 7 rings (SSSR count). The molecule has 0 aliphatic carbocycles. The number of aromatic nitrogens is 2. The standard InChI is InChI=1S/C28H38N3O7P.C21H26O4.C15H14O4/c1-6-35-39(33,36-7-2)20-31-14-13-27(30-31)29-28(32)24-16-25(18-26(17-24)38-22(4)19-34-5)37-21(3)15-23-11-9-8-10-12-23;1-15(10-18-8-6-5-7-9-18)24-20-11-19(17(3)22)12-21(13-20)25-16(2)14-23-4;1-18-15(17)12-7-13(16)9-14(8-12)19-10-11-5-3-2-4-6-11/h8-14,16-18,21-22H,6-7,15,19-20H2,1-5H3,(H,29,30,32);5-9,11-13,15-16H,10,14H2,1-4H3;2-9,16H,10H2,1H3/t21-,22-;15-,16-;/m00./s1. The van der Waals surface area contributed by atoms with Crippen LogP contribution in [0.3, 0.4) is 0 Å². The molecule has 1 amide bonds. The lowest BCUT2D eigenvalue weighted by Gasteiger charge is -2.19. The fraction of sp³-hybridized carbons (Fsp3) is 0.344. The molecule has 0 aliphatic heterocycles. The largest absolute Gasteiger partial charge is 0.508 e. The number of carbonyl (C=O) groups is 3. The summed E-state index contributed by atoms with van der Waals surface area (Å²) in [7, 11) is 1.17. The Balaban J connectivity index is 0.000000245. The van der Waals surface area contributed by atoms with Gasteiger partial charge in [0.15, 0.2) is 11.6 Å². The van der Waals surface area contributed by atoms with Crippen LogP contribution in [0.25, 0.3) is 0 Å². The van der Waals surface area contributed by atoms with Gasteiger partial charge in [0.2, 0.25) is 0 Å². The smallest absolute Gasteiger partial charge is 0.351 e. The van der Waals surface area contributed by atoms with Crippen LogP contribution >= 0.6 is 7.60 Å². The number of anilines is 1. The molecule has 0 unspecified atom stereocenters. The number of hydrogen-bond acceptors (Lipinski definition) is 16. The van der Waals surface area contributed by atoms with E-state index in [-0.39, 0.29) is 61.0 Å². The van der Waals surface area contributed by atoms with Crippen LogP contribution in [0.4, 0.5) is 5.82 Å². The van der Waals surface area contributed by atoms with Gasteiger partial charge in [-0.05, 0) is 102 Å². The lowest BCUT2D eigenvalue weighted by molar-refractivity contribution is 0.0599. The third-order valence-corrected chi connectivity index (χ3v) is 13.7. The Morgan fingerprint density at radius 3 is 1.46 bits per heavy atom. The number of nitrogens with zero attached hydrogens (tertiary/aromatic N) is 2. The summed E-state index contributed by atoms with van der Waals surface area (Å²) < 4.78 is 69.3. The molecule has 18 nitrogen and oxygen atoms in total. The van der Waals surface area contributed by atoms with Crippen LogP contribution in [0.15, 0.2) is 158 Å². The molecular weight excluding hydrogens is 1080 g/mol. The highest BCUT2D eigenvalue weighted by atomic mass is 31.2. The lowest BCUT2D eigenvalue weighted by atomic mass is 10.1. The molecule has 0 aliphatic rings. The van der Waals surface area contributed by atoms with E-state index in [9.17, 15) is 24.1 Å². The van der Waals surface area contributed by atoms with Gasteiger partial charge in [-0.15, -0.1) is 0 Å². The first kappa shape index (κ1) is 65.8. The summed E-state index contributed by atoms with van der Waals surface area (Å²) in [6.07, 6.45) is 2.53. The Kier molecular flexibility index (Phi) is 27.3. The molecule has 2 N–H and O–H groups in total. The van der Waals surface area contributed by atoms with Crippen LogP contribution in [0.1, 0.15) is 96.2 Å². The Morgan fingerprint density at radius 2 is 1.01 bits per heavy atom. The van der Waals surface area contributed by atoms with Crippen molar-refractivity contribution in [3.05, 3.63) is 191 Å². The van der Waals surface area contributed by atoms with Crippen LogP contribution in [-0.4, -0.2) is 105 Å². The average molecular weight is 1160 g/mol. The third kappa shape index (κ3) is 23.8. The first-order chi connectivity index (χ1) is 39.9. The number of phenolic OH excluding ortho intramolecular Hbond substituents is 1. The zero-order valence-corrected chi connectivity index (χ0v) is 49.9. The summed E-state index contributed by atoms with van der Waals surface area (Å²) in [4.78, 5) is 36.4. The van der Waals surface area contributed by atoms with Gasteiger partial charge in [0.1, 0.15) is 59.6 Å². The Hall–Kier alpha value is -7.99. The second-order valence-corrected chi connectivity index (χ2v) is 21.2. The van der Waals surface area contributed by atoms with Crippen molar-refractivity contribution in [1.29, 1.82) is 0 Å². The maximum atomic E-state index is 13.2. The summed E-state index contributed by atoms with van der Waals surface area (Å²) in [5.41, 5.74) is 4.53. The minimum absolute atomic E-state index is 0.0196. The summed E-state index contributed by atoms with van der Waals surface area (Å²) in [5, 5.41) is 16.6. The zero-order valence-electron chi connectivity index (χ0n) is 49.0. The molecule has 0 radical (unpaired) electrons. The van der Waals surface area contributed by atoms with Crippen molar-refractivity contribution in [2.24, 2.45) is 0 Å². The van der Waals surface area contributed by atoms with E-state index < -0.39 is 19.5 Å². The molecule has 4 atom stereocenters. The molecule has 0 saturated carbocycles. The number of nitrogens with one attached hydrogen (secondary N) is 1. The summed E-state index contributed by atoms with van der Waals surface area (Å²) in [6, 6.07) is 46.2. The summed E-state index contributed by atoms with van der Waals surface area (Å²) in [6.45, 7) is 14.5. The molecule has 0 saturated heterocycles. The maximum Gasteiger partial charge on any atom is 0.351 e. The zero-order chi connectivity index (χ0) is 60.2. The normalized spacial score (nSPS) is 12.4. The number of phenols is 1. The lowest BCUT2D eigenvalue weighted by Crippen LogP contribution is -2.20. The van der Waals surface area contributed by atoms with Crippen LogP contribution in [0, 0.1) is 0 Å². The van der Waals surface area contributed by atoms with E-state index in [1.807, 2.05) is 113 Å². The Bertz CT molecular complexity index is 3120. The molecule has 444 valence electrons. The average Bonchev–Trinajstić information content (AvgIpc) is 3.91. The van der Waals surface area contributed by atoms with Crippen molar-refractivity contribution < 1.29 is 71.0 Å². The Labute approximate surface area is 487 Å². The number of benzene rings is 6. The quantitative estimate of drug-likeness (QED) is 0.0254. The first-order valence-corrected chi connectivity index (χ1v) is 29.0. The van der Waals surface area contributed by atoms with Crippen LogP contribution < -0.4 is 29.0 Å². The fourth-order valence-corrected chi connectivity index (χ4v) is 9.76. The van der Waals surface area contributed by atoms with Crippen molar-refractivity contribution in [1.82, 2.24) is 9.78 Å². The number of rotatable bonds is 29. The van der Waals surface area contributed by atoms with E-state index in [0.29, 0.717) is 71.9 Å². The van der Waals surface area contributed by atoms with E-state index in [2.05, 4.69) is 27.3 Å². The highest BCUT2D eigenvalue weighted by Gasteiger charge is 2.25. The summed E-state index contributed by atoms with van der Waals surface area (Å²) >= 11 is 0. The minimum atomic E-state index is -3.35. The Morgan fingerprint density at radius 1 is 0.566 bits per heavy atom. The molecule has 6 aromatic carbocycles. The molecule has 19 heteroatoms. The van der Waals surface area contributed by atoms with Crippen molar-refractivity contribution >= 4 is 31.1 Å². The number of ketones is 1. The molecule has 7 aromatic rings. The van der Waals surface area contributed by atoms with E-state index >= 15 is 0 Å². The topological polar surface area (TPSA) is 211 Å². The highest BCUT2D eigenvalue weighted by Crippen LogP contribution is 2.49. The van der Waals surface area contributed by atoms with Gasteiger partial charge in [-0.1, -0.05) is 91.0 Å². The predicted molar refractivity (Wildman–Crippen MR) is 319 cm³/mol. The van der Waals surface area contributed by atoms with Crippen LogP contribution in [0.5, 0.6) is 34.5 Å². The van der Waals surface area contributed by atoms with Gasteiger partial charge in [0.05, 0.1) is 51.3 Å². The van der Waals surface area contributed by atoms with Gasteiger partial charge >= 0.3 is 13.6 Å². The fourth-order valence-electron chi connectivity index (χ4n) is 8.22. The monoisotopic (exact) mass is 1160 g/mol. The number of hydrogen-bond donors (Lipinski definition) is 2. The SMILES string of the molecule is CCOP(=O)(Cn1ccc(NC(=O)c2cc(O[C@@H](C)COC)cc(O[C@@H](C)Cc3ccccc3)c2)n1)OCC.COC(=O)c1cc(O)cc(OCc2ccccc2)c1.COC[C@H](C)Oc1cc(O[C@@H](C)Cc2ccccc2)cc(C(C)=O)c1. The molecule has 0 bridgehead atoms. The van der Waals surface area contributed by atoms with Gasteiger partial charge < -0.3 is 57.4 Å². The van der Waals surface area contributed by atoms with Gasteiger partial charge in [-0.3, -0.25) is 18.8 Å². The van der Waals surface area contributed by atoms with Gasteiger partial charge in [-0.25, -0.2) is 4.79 Å². The van der Waals surface area contributed by atoms with E-state index in [1.165, 1.54) is 42.5 Å². The molecule has 0 fully saturated rings. The van der Waals surface area contributed by atoms with Crippen molar-refractivity contribution in [2.45, 2.75) is 98.6 Å². The number of esters is 1. The molecular formula is C64H78N3O15P. The molecule has 83 heavy (non-hydrogen) atoms.